The van der Waals surface area contributed by atoms with Gasteiger partial charge in [-0.05, 0) is 19.3 Å². The standard InChI is InChI=1S/C24H49NO4/c1-4-7-9-11-13-15-17-21(26)19-25(23(6-3)24(28)29)20-22(27)18-16-14-12-10-8-5-2/h21-23,26-27H,4-20H2,1-3H3,(H,28,29). The van der Waals surface area contributed by atoms with Crippen molar-refractivity contribution in [2.24, 2.45) is 0 Å². The smallest absolute Gasteiger partial charge is 0.320 e. The van der Waals surface area contributed by atoms with Crippen molar-refractivity contribution in [2.75, 3.05) is 13.1 Å². The summed E-state index contributed by atoms with van der Waals surface area (Å²) in [6, 6.07) is -0.645. The molecule has 3 unspecified atom stereocenters. The fourth-order valence-electron chi connectivity index (χ4n) is 3.96. The van der Waals surface area contributed by atoms with Gasteiger partial charge in [0, 0.05) is 13.1 Å². The number of carboxylic acid groups (broad SMARTS) is 1. The van der Waals surface area contributed by atoms with Gasteiger partial charge in [0.15, 0.2) is 0 Å². The van der Waals surface area contributed by atoms with E-state index in [9.17, 15) is 20.1 Å². The first kappa shape index (κ1) is 28.4. The molecule has 0 aliphatic carbocycles. The van der Waals surface area contributed by atoms with E-state index < -0.39 is 24.2 Å². The summed E-state index contributed by atoms with van der Waals surface area (Å²) in [6.45, 7) is 6.91. The van der Waals surface area contributed by atoms with Crippen LogP contribution in [0.1, 0.15) is 117 Å². The third kappa shape index (κ3) is 15.8. The molecular formula is C24H49NO4. The van der Waals surface area contributed by atoms with Crippen molar-refractivity contribution >= 4 is 5.97 Å². The molecule has 3 N–H and O–H groups in total. The Bertz CT molecular complexity index is 354. The van der Waals surface area contributed by atoms with E-state index in [1.165, 1.54) is 51.4 Å². The number of carbonyl (C=O) groups is 1. The van der Waals surface area contributed by atoms with E-state index in [2.05, 4.69) is 13.8 Å². The number of unbranched alkanes of at least 4 members (excludes halogenated alkanes) is 10. The van der Waals surface area contributed by atoms with Crippen molar-refractivity contribution in [3.8, 4) is 0 Å². The predicted molar refractivity (Wildman–Crippen MR) is 121 cm³/mol. The van der Waals surface area contributed by atoms with Crippen LogP contribution in [0, 0.1) is 0 Å². The van der Waals surface area contributed by atoms with E-state index in [4.69, 9.17) is 0 Å². The van der Waals surface area contributed by atoms with Crippen molar-refractivity contribution in [1.82, 2.24) is 4.90 Å². The van der Waals surface area contributed by atoms with Crippen molar-refractivity contribution in [3.05, 3.63) is 0 Å². The first-order valence-electron chi connectivity index (χ1n) is 12.3. The maximum atomic E-state index is 11.7. The van der Waals surface area contributed by atoms with Crippen LogP contribution in [0.4, 0.5) is 0 Å². The highest BCUT2D eigenvalue weighted by atomic mass is 16.4. The zero-order valence-corrected chi connectivity index (χ0v) is 19.4. The quantitative estimate of drug-likeness (QED) is 0.219. The van der Waals surface area contributed by atoms with Crippen molar-refractivity contribution in [1.29, 1.82) is 0 Å². The summed E-state index contributed by atoms with van der Waals surface area (Å²) in [5, 5.41) is 30.4. The minimum absolute atomic E-state index is 0.327. The summed E-state index contributed by atoms with van der Waals surface area (Å²) >= 11 is 0. The highest BCUT2D eigenvalue weighted by Crippen LogP contribution is 2.15. The highest BCUT2D eigenvalue weighted by molar-refractivity contribution is 5.73. The molecule has 0 bridgehead atoms. The second-order valence-electron chi connectivity index (χ2n) is 8.64. The molecule has 0 saturated carbocycles. The molecule has 0 aliphatic heterocycles. The maximum Gasteiger partial charge on any atom is 0.320 e. The lowest BCUT2D eigenvalue weighted by atomic mass is 10.0. The monoisotopic (exact) mass is 415 g/mol. The third-order valence-corrected chi connectivity index (χ3v) is 5.78. The van der Waals surface area contributed by atoms with Crippen LogP contribution in [0.15, 0.2) is 0 Å². The van der Waals surface area contributed by atoms with Crippen LogP contribution in [0.3, 0.4) is 0 Å². The zero-order valence-electron chi connectivity index (χ0n) is 19.4. The number of rotatable bonds is 21. The van der Waals surface area contributed by atoms with E-state index >= 15 is 0 Å². The average Bonchev–Trinajstić information content (AvgIpc) is 2.67. The van der Waals surface area contributed by atoms with Gasteiger partial charge in [-0.2, -0.15) is 0 Å². The van der Waals surface area contributed by atoms with Crippen LogP contribution < -0.4 is 0 Å². The first-order valence-corrected chi connectivity index (χ1v) is 12.3. The molecule has 5 heteroatoms. The van der Waals surface area contributed by atoms with Crippen LogP contribution in [-0.4, -0.2) is 57.5 Å². The van der Waals surface area contributed by atoms with Gasteiger partial charge in [-0.25, -0.2) is 0 Å². The predicted octanol–water partition coefficient (Wildman–Crippen LogP) is 5.37. The van der Waals surface area contributed by atoms with Gasteiger partial charge in [0.1, 0.15) is 6.04 Å². The Morgan fingerprint density at radius 2 is 1.07 bits per heavy atom. The summed E-state index contributed by atoms with van der Waals surface area (Å²) in [5.41, 5.74) is 0. The molecular weight excluding hydrogens is 366 g/mol. The molecule has 0 aromatic carbocycles. The largest absolute Gasteiger partial charge is 0.480 e. The van der Waals surface area contributed by atoms with Crippen LogP contribution in [-0.2, 0) is 4.79 Å². The molecule has 0 radical (unpaired) electrons. The average molecular weight is 416 g/mol. The second kappa shape index (κ2) is 19.3. The van der Waals surface area contributed by atoms with Crippen LogP contribution in [0.5, 0.6) is 0 Å². The Labute approximate surface area is 179 Å². The summed E-state index contributed by atoms with van der Waals surface area (Å²) in [6.07, 6.45) is 14.9. The molecule has 0 rings (SSSR count). The summed E-state index contributed by atoms with van der Waals surface area (Å²) < 4.78 is 0. The number of nitrogens with zero attached hydrogens (tertiary/aromatic N) is 1. The maximum absolute atomic E-state index is 11.7. The Kier molecular flexibility index (Phi) is 18.9. The lowest BCUT2D eigenvalue weighted by Gasteiger charge is -2.32. The van der Waals surface area contributed by atoms with Gasteiger partial charge in [0.2, 0.25) is 0 Å². The first-order chi connectivity index (χ1) is 14.0. The van der Waals surface area contributed by atoms with Crippen LogP contribution in [0.2, 0.25) is 0 Å². The summed E-state index contributed by atoms with van der Waals surface area (Å²) in [4.78, 5) is 13.4. The van der Waals surface area contributed by atoms with Crippen LogP contribution in [0.25, 0.3) is 0 Å². The van der Waals surface area contributed by atoms with Gasteiger partial charge in [0.25, 0.3) is 0 Å². The van der Waals surface area contributed by atoms with E-state index in [-0.39, 0.29) is 0 Å². The van der Waals surface area contributed by atoms with E-state index in [1.54, 1.807) is 4.90 Å². The van der Waals surface area contributed by atoms with Crippen molar-refractivity contribution < 1.29 is 20.1 Å². The van der Waals surface area contributed by atoms with Crippen molar-refractivity contribution in [3.63, 3.8) is 0 Å². The van der Waals surface area contributed by atoms with E-state index in [1.807, 2.05) is 6.92 Å². The Balaban J connectivity index is 4.38. The zero-order chi connectivity index (χ0) is 21.9. The molecule has 0 saturated heterocycles. The van der Waals surface area contributed by atoms with Gasteiger partial charge < -0.3 is 15.3 Å². The molecule has 0 aromatic heterocycles. The molecule has 0 amide bonds. The number of hydrogen-bond acceptors (Lipinski definition) is 4. The number of aliphatic carboxylic acids is 1. The van der Waals surface area contributed by atoms with E-state index in [0.29, 0.717) is 32.4 Å². The number of hydrogen-bond donors (Lipinski definition) is 3. The molecule has 5 nitrogen and oxygen atoms in total. The fraction of sp³-hybridized carbons (Fsp3) is 0.958. The molecule has 0 heterocycles. The Morgan fingerprint density at radius 1 is 0.690 bits per heavy atom. The number of aliphatic hydroxyl groups excluding tert-OH is 2. The molecule has 0 fully saturated rings. The Hall–Kier alpha value is -0.650. The van der Waals surface area contributed by atoms with Gasteiger partial charge in [0.05, 0.1) is 12.2 Å². The number of carboxylic acids is 1. The summed E-state index contributed by atoms with van der Waals surface area (Å²) in [7, 11) is 0. The van der Waals surface area contributed by atoms with Crippen LogP contribution >= 0.6 is 0 Å². The van der Waals surface area contributed by atoms with Gasteiger partial charge >= 0.3 is 5.97 Å². The Morgan fingerprint density at radius 3 is 1.41 bits per heavy atom. The topological polar surface area (TPSA) is 81.0 Å². The van der Waals surface area contributed by atoms with Crippen molar-refractivity contribution in [2.45, 2.75) is 135 Å². The minimum Gasteiger partial charge on any atom is -0.480 e. The fourth-order valence-corrected chi connectivity index (χ4v) is 3.96. The molecule has 3 atom stereocenters. The number of aliphatic hydroxyl groups is 2. The molecule has 174 valence electrons. The molecule has 0 spiro atoms. The minimum atomic E-state index is -0.869. The second-order valence-corrected chi connectivity index (χ2v) is 8.64. The van der Waals surface area contributed by atoms with Gasteiger partial charge in [-0.15, -0.1) is 0 Å². The normalized spacial score (nSPS) is 14.8. The highest BCUT2D eigenvalue weighted by Gasteiger charge is 2.27. The molecule has 0 aromatic rings. The van der Waals surface area contributed by atoms with E-state index in [0.717, 1.165) is 25.7 Å². The van der Waals surface area contributed by atoms with Gasteiger partial charge in [-0.1, -0.05) is 97.8 Å². The lowest BCUT2D eigenvalue weighted by Crippen LogP contribution is -2.48. The molecule has 0 aliphatic rings. The third-order valence-electron chi connectivity index (χ3n) is 5.78. The summed E-state index contributed by atoms with van der Waals surface area (Å²) in [5.74, 6) is -0.869. The lowest BCUT2D eigenvalue weighted by molar-refractivity contribution is -0.144. The molecule has 29 heavy (non-hydrogen) atoms. The van der Waals surface area contributed by atoms with Gasteiger partial charge in [-0.3, -0.25) is 9.69 Å². The SMILES string of the molecule is CCCCCCCCC(O)CN(CC(O)CCCCCCCC)C(CC)C(=O)O.